The Bertz CT molecular complexity index is 540. The number of benzene rings is 1. The van der Waals surface area contributed by atoms with Gasteiger partial charge in [-0.2, -0.15) is 0 Å². The summed E-state index contributed by atoms with van der Waals surface area (Å²) in [5.41, 5.74) is 1.63. The summed E-state index contributed by atoms with van der Waals surface area (Å²) in [6.07, 6.45) is -0.690. The Labute approximate surface area is 127 Å². The number of hydrogen-bond acceptors (Lipinski definition) is 3. The molecule has 0 saturated heterocycles. The minimum Gasteiger partial charge on any atom is -0.493 e. The van der Waals surface area contributed by atoms with Gasteiger partial charge in [0.2, 0.25) is 0 Å². The van der Waals surface area contributed by atoms with Crippen LogP contribution >= 0.6 is 43.2 Å². The van der Waals surface area contributed by atoms with Crippen molar-refractivity contribution in [2.24, 2.45) is 0 Å². The number of para-hydroxylation sites is 1. The number of rotatable bonds is 4. The van der Waals surface area contributed by atoms with Crippen molar-refractivity contribution in [3.8, 4) is 5.75 Å². The van der Waals surface area contributed by atoms with Crippen molar-refractivity contribution in [1.29, 1.82) is 0 Å². The van der Waals surface area contributed by atoms with E-state index < -0.39 is 6.10 Å². The largest absolute Gasteiger partial charge is 0.493 e. The molecule has 0 radical (unpaired) electrons. The fourth-order valence-corrected chi connectivity index (χ4v) is 4.58. The highest BCUT2D eigenvalue weighted by molar-refractivity contribution is 9.12. The molecule has 5 heteroatoms. The Morgan fingerprint density at radius 1 is 1.28 bits per heavy atom. The maximum Gasteiger partial charge on any atom is 0.125 e. The third-order valence-corrected chi connectivity index (χ3v) is 4.88. The second-order valence-electron chi connectivity index (χ2n) is 3.65. The predicted molar refractivity (Wildman–Crippen MR) is 81.4 cm³/mol. The SMILES string of the molecule is CCOc1ccccc1C(O)c1cc(Br)sc1Br. The molecule has 0 bridgehead atoms. The molecule has 0 aliphatic rings. The summed E-state index contributed by atoms with van der Waals surface area (Å²) >= 11 is 8.43. The molecule has 0 amide bonds. The van der Waals surface area contributed by atoms with E-state index in [1.807, 2.05) is 37.3 Å². The van der Waals surface area contributed by atoms with E-state index in [1.54, 1.807) is 11.3 Å². The van der Waals surface area contributed by atoms with Crippen molar-refractivity contribution in [2.75, 3.05) is 6.61 Å². The topological polar surface area (TPSA) is 29.5 Å². The molecule has 0 aliphatic carbocycles. The maximum absolute atomic E-state index is 10.5. The second-order valence-corrected chi connectivity index (χ2v) is 7.40. The Morgan fingerprint density at radius 2 is 2.00 bits per heavy atom. The molecule has 0 fully saturated rings. The summed E-state index contributed by atoms with van der Waals surface area (Å²) < 4.78 is 7.45. The molecule has 2 aromatic rings. The van der Waals surface area contributed by atoms with Gasteiger partial charge in [0.25, 0.3) is 0 Å². The fourth-order valence-electron chi connectivity index (χ4n) is 1.70. The lowest BCUT2D eigenvalue weighted by molar-refractivity contribution is 0.212. The first-order valence-electron chi connectivity index (χ1n) is 5.48. The van der Waals surface area contributed by atoms with Crippen LogP contribution < -0.4 is 4.74 Å². The molecule has 96 valence electrons. The molecule has 1 unspecified atom stereocenters. The number of thiophene rings is 1. The first-order valence-corrected chi connectivity index (χ1v) is 7.88. The van der Waals surface area contributed by atoms with Crippen LogP contribution in [0.2, 0.25) is 0 Å². The van der Waals surface area contributed by atoms with Gasteiger partial charge in [-0.3, -0.25) is 0 Å². The molecule has 0 aliphatic heterocycles. The van der Waals surface area contributed by atoms with E-state index in [1.165, 1.54) is 0 Å². The quantitative estimate of drug-likeness (QED) is 0.814. The number of aliphatic hydroxyl groups is 1. The monoisotopic (exact) mass is 390 g/mol. The van der Waals surface area contributed by atoms with Gasteiger partial charge < -0.3 is 9.84 Å². The highest BCUT2D eigenvalue weighted by Crippen LogP contribution is 2.39. The fraction of sp³-hybridized carbons (Fsp3) is 0.231. The molecular formula is C13H12Br2O2S. The van der Waals surface area contributed by atoms with Crippen LogP contribution in [0.5, 0.6) is 5.75 Å². The molecule has 2 nitrogen and oxygen atoms in total. The van der Waals surface area contributed by atoms with Crippen molar-refractivity contribution in [1.82, 2.24) is 0 Å². The predicted octanol–water partition coefficient (Wildman–Crippen LogP) is 4.75. The van der Waals surface area contributed by atoms with Crippen molar-refractivity contribution >= 4 is 43.2 Å². The summed E-state index contributed by atoms with van der Waals surface area (Å²) in [6, 6.07) is 9.48. The van der Waals surface area contributed by atoms with Gasteiger partial charge >= 0.3 is 0 Å². The van der Waals surface area contributed by atoms with Gasteiger partial charge in [-0.15, -0.1) is 11.3 Å². The minimum atomic E-state index is -0.690. The Hall–Kier alpha value is -0.360. The van der Waals surface area contributed by atoms with E-state index in [0.717, 1.165) is 24.4 Å². The molecule has 0 spiro atoms. The minimum absolute atomic E-state index is 0.582. The summed E-state index contributed by atoms with van der Waals surface area (Å²) in [4.78, 5) is 0. The molecule has 0 saturated carbocycles. The molecule has 1 heterocycles. The molecule has 2 rings (SSSR count). The van der Waals surface area contributed by atoms with E-state index in [0.29, 0.717) is 6.61 Å². The molecule has 1 N–H and O–H groups in total. The molecule has 1 atom stereocenters. The Morgan fingerprint density at radius 3 is 2.61 bits per heavy atom. The van der Waals surface area contributed by atoms with E-state index in [4.69, 9.17) is 4.74 Å². The Kier molecular flexibility index (Phi) is 4.84. The molecule has 18 heavy (non-hydrogen) atoms. The van der Waals surface area contributed by atoms with Crippen molar-refractivity contribution in [2.45, 2.75) is 13.0 Å². The molecular weight excluding hydrogens is 380 g/mol. The van der Waals surface area contributed by atoms with Crippen LogP contribution in [0.3, 0.4) is 0 Å². The number of hydrogen-bond donors (Lipinski definition) is 1. The van der Waals surface area contributed by atoms with Crippen molar-refractivity contribution in [3.05, 3.63) is 49.0 Å². The lowest BCUT2D eigenvalue weighted by atomic mass is 10.0. The van der Waals surface area contributed by atoms with Gasteiger partial charge in [-0.1, -0.05) is 18.2 Å². The number of aliphatic hydroxyl groups excluding tert-OH is 1. The van der Waals surface area contributed by atoms with Gasteiger partial charge in [0.1, 0.15) is 11.9 Å². The first-order chi connectivity index (χ1) is 8.63. The highest BCUT2D eigenvalue weighted by Gasteiger charge is 2.19. The van der Waals surface area contributed by atoms with Gasteiger partial charge in [-0.05, 0) is 50.9 Å². The lowest BCUT2D eigenvalue weighted by Gasteiger charge is -2.15. The summed E-state index contributed by atoms with van der Waals surface area (Å²) in [5.74, 6) is 0.724. The van der Waals surface area contributed by atoms with Crippen LogP contribution in [0.1, 0.15) is 24.2 Å². The second kappa shape index (κ2) is 6.19. The zero-order valence-corrected chi connectivity index (χ0v) is 13.7. The van der Waals surface area contributed by atoms with Gasteiger partial charge in [0.05, 0.1) is 14.2 Å². The van der Waals surface area contributed by atoms with Crippen LogP contribution in [0.4, 0.5) is 0 Å². The lowest BCUT2D eigenvalue weighted by Crippen LogP contribution is -2.03. The zero-order chi connectivity index (χ0) is 13.1. The van der Waals surface area contributed by atoms with Crippen LogP contribution in [-0.4, -0.2) is 11.7 Å². The van der Waals surface area contributed by atoms with Crippen LogP contribution in [0, 0.1) is 0 Å². The number of ether oxygens (including phenoxy) is 1. The highest BCUT2D eigenvalue weighted by atomic mass is 79.9. The van der Waals surface area contributed by atoms with E-state index in [-0.39, 0.29) is 0 Å². The Balaban J connectivity index is 2.39. The van der Waals surface area contributed by atoms with Gasteiger partial charge in [0, 0.05) is 11.1 Å². The standard InChI is InChI=1S/C13H12Br2O2S/c1-2-17-10-6-4-3-5-8(10)12(16)9-7-11(14)18-13(9)15/h3-7,12,16H,2H2,1H3. The van der Waals surface area contributed by atoms with Crippen molar-refractivity contribution < 1.29 is 9.84 Å². The summed E-state index contributed by atoms with van der Waals surface area (Å²) in [5, 5.41) is 10.5. The van der Waals surface area contributed by atoms with Gasteiger partial charge in [0.15, 0.2) is 0 Å². The smallest absolute Gasteiger partial charge is 0.125 e. The average Bonchev–Trinajstić information content (AvgIpc) is 2.69. The maximum atomic E-state index is 10.5. The van der Waals surface area contributed by atoms with E-state index in [2.05, 4.69) is 31.9 Å². The first kappa shape index (κ1) is 14.1. The zero-order valence-electron chi connectivity index (χ0n) is 9.69. The van der Waals surface area contributed by atoms with Crippen molar-refractivity contribution in [3.63, 3.8) is 0 Å². The van der Waals surface area contributed by atoms with E-state index >= 15 is 0 Å². The average molecular weight is 392 g/mol. The molecule has 1 aromatic heterocycles. The van der Waals surface area contributed by atoms with Crippen LogP contribution in [0.25, 0.3) is 0 Å². The summed E-state index contributed by atoms with van der Waals surface area (Å²) in [7, 11) is 0. The third kappa shape index (κ3) is 2.96. The molecule has 1 aromatic carbocycles. The summed E-state index contributed by atoms with van der Waals surface area (Å²) in [6.45, 7) is 2.51. The van der Waals surface area contributed by atoms with E-state index in [9.17, 15) is 5.11 Å². The third-order valence-electron chi connectivity index (χ3n) is 2.49. The normalized spacial score (nSPS) is 12.4. The van der Waals surface area contributed by atoms with Crippen LogP contribution in [0.15, 0.2) is 37.9 Å². The van der Waals surface area contributed by atoms with Crippen LogP contribution in [-0.2, 0) is 0 Å². The van der Waals surface area contributed by atoms with Gasteiger partial charge in [-0.25, -0.2) is 0 Å². The number of halogens is 2.